The zero-order valence-electron chi connectivity index (χ0n) is 16.4. The molecule has 2 aromatic heterocycles. The number of aromatic nitrogens is 4. The van der Waals surface area contributed by atoms with Crippen molar-refractivity contribution in [3.05, 3.63) is 63.1 Å². The van der Waals surface area contributed by atoms with Crippen LogP contribution in [0.3, 0.4) is 0 Å². The SMILES string of the molecule is Cn1c(=O)c2c(ncn2CC(=O)N2CCSC(c3ccccc3)CC2)n(C)c1=O. The van der Waals surface area contributed by atoms with E-state index in [2.05, 4.69) is 17.1 Å². The van der Waals surface area contributed by atoms with Gasteiger partial charge in [0.1, 0.15) is 6.54 Å². The topological polar surface area (TPSA) is 82.1 Å². The minimum atomic E-state index is -0.441. The Balaban J connectivity index is 1.53. The summed E-state index contributed by atoms with van der Waals surface area (Å²) in [4.78, 5) is 43.6. The molecule has 1 aliphatic rings. The molecular formula is C20H23N5O3S. The van der Waals surface area contributed by atoms with E-state index in [1.54, 1.807) is 11.6 Å². The summed E-state index contributed by atoms with van der Waals surface area (Å²) in [5.74, 6) is 0.821. The Labute approximate surface area is 171 Å². The maximum atomic E-state index is 12.9. The van der Waals surface area contributed by atoms with Gasteiger partial charge in [-0.05, 0) is 12.0 Å². The molecule has 0 spiro atoms. The second-order valence-corrected chi connectivity index (χ2v) is 8.50. The average Bonchev–Trinajstić information content (AvgIpc) is 2.99. The zero-order chi connectivity index (χ0) is 20.5. The number of imidazole rings is 1. The van der Waals surface area contributed by atoms with Crippen molar-refractivity contribution in [3.8, 4) is 0 Å². The van der Waals surface area contributed by atoms with Gasteiger partial charge in [0.2, 0.25) is 5.91 Å². The fourth-order valence-corrected chi connectivity index (χ4v) is 4.95. The molecule has 1 amide bonds. The van der Waals surface area contributed by atoms with E-state index >= 15 is 0 Å². The van der Waals surface area contributed by atoms with Gasteiger partial charge in [-0.25, -0.2) is 9.78 Å². The molecule has 29 heavy (non-hydrogen) atoms. The molecule has 1 aliphatic heterocycles. The highest BCUT2D eigenvalue weighted by Gasteiger charge is 2.23. The van der Waals surface area contributed by atoms with Crippen LogP contribution in [-0.2, 0) is 25.4 Å². The minimum absolute atomic E-state index is 0.0324. The summed E-state index contributed by atoms with van der Waals surface area (Å²) in [6, 6.07) is 10.4. The van der Waals surface area contributed by atoms with Crippen molar-refractivity contribution in [2.75, 3.05) is 18.8 Å². The van der Waals surface area contributed by atoms with Crippen molar-refractivity contribution < 1.29 is 4.79 Å². The maximum absolute atomic E-state index is 12.9. The van der Waals surface area contributed by atoms with Gasteiger partial charge in [-0.1, -0.05) is 30.3 Å². The van der Waals surface area contributed by atoms with Crippen LogP contribution < -0.4 is 11.2 Å². The third-order valence-electron chi connectivity index (χ3n) is 5.39. The number of carbonyl (C=O) groups excluding carboxylic acids is 1. The van der Waals surface area contributed by atoms with Gasteiger partial charge in [0, 0.05) is 38.2 Å². The van der Waals surface area contributed by atoms with Crippen LogP contribution in [0.4, 0.5) is 0 Å². The first-order valence-corrected chi connectivity index (χ1v) is 10.6. The van der Waals surface area contributed by atoms with Gasteiger partial charge >= 0.3 is 5.69 Å². The minimum Gasteiger partial charge on any atom is -0.340 e. The molecule has 152 valence electrons. The highest BCUT2D eigenvalue weighted by Crippen LogP contribution is 2.34. The Morgan fingerprint density at radius 3 is 2.66 bits per heavy atom. The van der Waals surface area contributed by atoms with Gasteiger partial charge in [-0.2, -0.15) is 11.8 Å². The van der Waals surface area contributed by atoms with E-state index in [1.165, 1.54) is 23.5 Å². The molecule has 1 unspecified atom stereocenters. The van der Waals surface area contributed by atoms with Gasteiger partial charge in [0.25, 0.3) is 5.56 Å². The Hall–Kier alpha value is -2.81. The van der Waals surface area contributed by atoms with Gasteiger partial charge in [-0.15, -0.1) is 0 Å². The summed E-state index contributed by atoms with van der Waals surface area (Å²) in [6.07, 6.45) is 2.35. The Bertz CT molecular complexity index is 1160. The molecule has 4 rings (SSSR count). The van der Waals surface area contributed by atoms with Gasteiger partial charge in [-0.3, -0.25) is 18.7 Å². The number of amides is 1. The van der Waals surface area contributed by atoms with E-state index in [-0.39, 0.29) is 18.0 Å². The normalized spacial score (nSPS) is 17.4. The fraction of sp³-hybridized carbons (Fsp3) is 0.400. The molecule has 8 nitrogen and oxygen atoms in total. The first-order valence-electron chi connectivity index (χ1n) is 9.52. The van der Waals surface area contributed by atoms with Crippen molar-refractivity contribution >= 4 is 28.8 Å². The lowest BCUT2D eigenvalue weighted by Gasteiger charge is -2.20. The van der Waals surface area contributed by atoms with Crippen LogP contribution in [0.15, 0.2) is 46.2 Å². The van der Waals surface area contributed by atoms with Crippen molar-refractivity contribution in [1.82, 2.24) is 23.6 Å². The van der Waals surface area contributed by atoms with E-state index < -0.39 is 11.2 Å². The third kappa shape index (κ3) is 3.62. The molecule has 0 bridgehead atoms. The lowest BCUT2D eigenvalue weighted by molar-refractivity contribution is -0.131. The maximum Gasteiger partial charge on any atom is 0.332 e. The summed E-state index contributed by atoms with van der Waals surface area (Å²) >= 11 is 1.87. The molecular weight excluding hydrogens is 390 g/mol. The summed E-state index contributed by atoms with van der Waals surface area (Å²) in [7, 11) is 3.00. The molecule has 1 saturated heterocycles. The van der Waals surface area contributed by atoms with Gasteiger partial charge < -0.3 is 9.47 Å². The largest absolute Gasteiger partial charge is 0.340 e. The van der Waals surface area contributed by atoms with Crippen molar-refractivity contribution in [2.45, 2.75) is 18.2 Å². The Kier molecular flexibility index (Phi) is 5.31. The number of thioether (sulfide) groups is 1. The first kappa shape index (κ1) is 19.5. The molecule has 0 N–H and O–H groups in total. The number of fused-ring (bicyclic) bond motifs is 1. The van der Waals surface area contributed by atoms with Crippen LogP contribution in [0.25, 0.3) is 11.2 Å². The van der Waals surface area contributed by atoms with Gasteiger partial charge in [0.05, 0.1) is 6.33 Å². The fourth-order valence-electron chi connectivity index (χ4n) is 3.72. The summed E-state index contributed by atoms with van der Waals surface area (Å²) in [5, 5.41) is 0.380. The Morgan fingerprint density at radius 1 is 1.14 bits per heavy atom. The monoisotopic (exact) mass is 413 g/mol. The van der Waals surface area contributed by atoms with Crippen LogP contribution in [0, 0.1) is 0 Å². The predicted octanol–water partition coefficient (Wildman–Crippen LogP) is 1.14. The second-order valence-electron chi connectivity index (χ2n) is 7.19. The summed E-state index contributed by atoms with van der Waals surface area (Å²) < 4.78 is 3.91. The van der Waals surface area contributed by atoms with Crippen LogP contribution in [0.5, 0.6) is 0 Å². The highest BCUT2D eigenvalue weighted by molar-refractivity contribution is 7.99. The Morgan fingerprint density at radius 2 is 1.90 bits per heavy atom. The summed E-state index contributed by atoms with van der Waals surface area (Å²) in [5.41, 5.74) is 0.979. The predicted molar refractivity (Wildman–Crippen MR) is 113 cm³/mol. The number of hydrogen-bond acceptors (Lipinski definition) is 5. The van der Waals surface area contributed by atoms with E-state index in [1.807, 2.05) is 34.9 Å². The first-order chi connectivity index (χ1) is 14.0. The molecule has 1 fully saturated rings. The average molecular weight is 414 g/mol. The molecule has 9 heteroatoms. The number of hydrogen-bond donors (Lipinski definition) is 0. The van der Waals surface area contributed by atoms with E-state index in [0.717, 1.165) is 16.7 Å². The van der Waals surface area contributed by atoms with Crippen LogP contribution in [0.1, 0.15) is 17.2 Å². The van der Waals surface area contributed by atoms with Gasteiger partial charge in [0.15, 0.2) is 11.2 Å². The molecule has 3 heterocycles. The molecule has 0 radical (unpaired) electrons. The van der Waals surface area contributed by atoms with Crippen molar-refractivity contribution in [2.24, 2.45) is 14.1 Å². The number of nitrogens with zero attached hydrogens (tertiary/aromatic N) is 5. The smallest absolute Gasteiger partial charge is 0.332 e. The molecule has 0 aliphatic carbocycles. The molecule has 0 saturated carbocycles. The quantitative estimate of drug-likeness (QED) is 0.643. The van der Waals surface area contributed by atoms with E-state index in [9.17, 15) is 14.4 Å². The lowest BCUT2D eigenvalue weighted by atomic mass is 10.1. The molecule has 1 atom stereocenters. The number of aryl methyl sites for hydroxylation is 1. The van der Waals surface area contributed by atoms with E-state index in [4.69, 9.17) is 0 Å². The number of benzene rings is 1. The van der Waals surface area contributed by atoms with E-state index in [0.29, 0.717) is 24.0 Å². The molecule has 3 aromatic rings. The molecule has 1 aromatic carbocycles. The lowest BCUT2D eigenvalue weighted by Crippen LogP contribution is -2.39. The standard InChI is InChI=1S/C20H23N5O3S/c1-22-18-17(19(27)23(2)20(22)28)25(13-21-18)12-16(26)24-9-8-15(29-11-10-24)14-6-4-3-5-7-14/h3-7,13,15H,8-12H2,1-2H3. The number of carbonyl (C=O) groups is 1. The highest BCUT2D eigenvalue weighted by atomic mass is 32.2. The third-order valence-corrected chi connectivity index (χ3v) is 6.72. The zero-order valence-corrected chi connectivity index (χ0v) is 17.3. The van der Waals surface area contributed by atoms with Crippen LogP contribution in [0.2, 0.25) is 0 Å². The van der Waals surface area contributed by atoms with Crippen molar-refractivity contribution in [3.63, 3.8) is 0 Å². The van der Waals surface area contributed by atoms with Crippen LogP contribution in [-0.4, -0.2) is 48.3 Å². The summed E-state index contributed by atoms with van der Waals surface area (Å²) in [6.45, 7) is 1.38. The number of rotatable bonds is 3. The van der Waals surface area contributed by atoms with Crippen LogP contribution >= 0.6 is 11.8 Å². The van der Waals surface area contributed by atoms with Crippen molar-refractivity contribution in [1.29, 1.82) is 0 Å². The second kappa shape index (κ2) is 7.90.